The maximum Gasteiger partial charge on any atom is 0.461 e. The molecule has 154 valence electrons. The second kappa shape index (κ2) is 11.5. The molecular formula is C19H27ClF4N2O. The predicted molar refractivity (Wildman–Crippen MR) is 101 cm³/mol. The van der Waals surface area contributed by atoms with Gasteiger partial charge in [-0.2, -0.15) is 17.6 Å². The molecule has 0 unspecified atom stereocenters. The number of nitrogens with one attached hydrogen (secondary N) is 1. The quantitative estimate of drug-likeness (QED) is 0.332. The number of piperazine rings is 1. The average Bonchev–Trinajstić information content (AvgIpc) is 2.63. The number of halogens is 5. The Hall–Kier alpha value is -1.31. The molecule has 1 atom stereocenters. The van der Waals surface area contributed by atoms with Crippen LogP contribution in [0.3, 0.4) is 0 Å². The molecule has 1 aliphatic heterocycles. The SMILES string of the molecule is C=CCCCC[C@@H](c1ccc(OC(F)(F)C(F)F)cc1)N1CCNCC1.Cl. The summed E-state index contributed by atoms with van der Waals surface area (Å²) in [5, 5.41) is 3.31. The molecule has 0 aliphatic carbocycles. The number of unbranched alkanes of at least 4 members (excludes halogenated alkanes) is 2. The molecule has 0 bridgehead atoms. The third-order valence-electron chi connectivity index (χ3n) is 4.50. The number of hydrogen-bond acceptors (Lipinski definition) is 3. The molecule has 1 saturated heterocycles. The van der Waals surface area contributed by atoms with Crippen molar-refractivity contribution in [2.75, 3.05) is 26.2 Å². The molecule has 8 heteroatoms. The van der Waals surface area contributed by atoms with Crippen LogP contribution in [-0.4, -0.2) is 43.6 Å². The molecule has 1 heterocycles. The first-order valence-corrected chi connectivity index (χ1v) is 8.94. The van der Waals surface area contributed by atoms with E-state index in [1.807, 2.05) is 6.08 Å². The van der Waals surface area contributed by atoms with E-state index in [4.69, 9.17) is 0 Å². The summed E-state index contributed by atoms with van der Waals surface area (Å²) in [6.45, 7) is 7.37. The highest BCUT2D eigenvalue weighted by Crippen LogP contribution is 2.31. The highest BCUT2D eigenvalue weighted by molar-refractivity contribution is 5.85. The maximum absolute atomic E-state index is 13.0. The molecule has 0 aromatic heterocycles. The highest BCUT2D eigenvalue weighted by atomic mass is 35.5. The normalized spacial score (nSPS) is 16.6. The summed E-state index contributed by atoms with van der Waals surface area (Å²) in [4.78, 5) is 2.37. The zero-order valence-electron chi connectivity index (χ0n) is 15.2. The van der Waals surface area contributed by atoms with Gasteiger partial charge in [0.2, 0.25) is 0 Å². The summed E-state index contributed by atoms with van der Waals surface area (Å²) >= 11 is 0. The first-order chi connectivity index (χ1) is 12.4. The van der Waals surface area contributed by atoms with Crippen molar-refractivity contribution in [1.82, 2.24) is 10.2 Å². The second-order valence-electron chi connectivity index (χ2n) is 6.41. The molecule has 3 nitrogen and oxygen atoms in total. The molecule has 1 N–H and O–H groups in total. The number of ether oxygens (including phenoxy) is 1. The van der Waals surface area contributed by atoms with Crippen LogP contribution >= 0.6 is 12.4 Å². The molecule has 0 radical (unpaired) electrons. The molecule has 27 heavy (non-hydrogen) atoms. The van der Waals surface area contributed by atoms with Gasteiger partial charge in [-0.25, -0.2) is 0 Å². The van der Waals surface area contributed by atoms with E-state index in [1.54, 1.807) is 12.1 Å². The summed E-state index contributed by atoms with van der Waals surface area (Å²) in [5.74, 6) is -0.259. The second-order valence-corrected chi connectivity index (χ2v) is 6.41. The number of nitrogens with zero attached hydrogens (tertiary/aromatic N) is 1. The molecule has 1 fully saturated rings. The van der Waals surface area contributed by atoms with E-state index in [9.17, 15) is 17.6 Å². The third kappa shape index (κ3) is 7.31. The molecule has 0 saturated carbocycles. The Kier molecular flexibility index (Phi) is 10.1. The van der Waals surface area contributed by atoms with Crippen LogP contribution in [0.4, 0.5) is 17.6 Å². The van der Waals surface area contributed by atoms with Crippen molar-refractivity contribution in [2.24, 2.45) is 0 Å². The van der Waals surface area contributed by atoms with Gasteiger partial charge in [0, 0.05) is 32.2 Å². The minimum atomic E-state index is -4.48. The van der Waals surface area contributed by atoms with E-state index in [2.05, 4.69) is 21.5 Å². The monoisotopic (exact) mass is 410 g/mol. The van der Waals surface area contributed by atoms with Crippen molar-refractivity contribution in [3.63, 3.8) is 0 Å². The van der Waals surface area contributed by atoms with Crippen LogP contribution in [0.1, 0.15) is 37.3 Å². The summed E-state index contributed by atoms with van der Waals surface area (Å²) in [7, 11) is 0. The predicted octanol–water partition coefficient (Wildman–Crippen LogP) is 5.04. The number of benzene rings is 1. The number of allylic oxidation sites excluding steroid dienone is 1. The van der Waals surface area contributed by atoms with Gasteiger partial charge in [0.15, 0.2) is 0 Å². The zero-order chi connectivity index (χ0) is 19.0. The van der Waals surface area contributed by atoms with Gasteiger partial charge in [-0.05, 0) is 37.0 Å². The van der Waals surface area contributed by atoms with Gasteiger partial charge >= 0.3 is 12.5 Å². The van der Waals surface area contributed by atoms with Crippen LogP contribution in [0, 0.1) is 0 Å². The summed E-state index contributed by atoms with van der Waals surface area (Å²) in [5.41, 5.74) is 0.984. The van der Waals surface area contributed by atoms with Gasteiger partial charge in [-0.1, -0.05) is 24.6 Å². The lowest BCUT2D eigenvalue weighted by Crippen LogP contribution is -2.45. The number of alkyl halides is 4. The Morgan fingerprint density at radius 1 is 1.15 bits per heavy atom. The Morgan fingerprint density at radius 2 is 1.78 bits per heavy atom. The van der Waals surface area contributed by atoms with Crippen molar-refractivity contribution in [3.05, 3.63) is 42.5 Å². The van der Waals surface area contributed by atoms with Gasteiger partial charge < -0.3 is 10.1 Å². The Balaban J connectivity index is 0.00000364. The Bertz CT molecular complexity index is 551. The third-order valence-corrected chi connectivity index (χ3v) is 4.50. The van der Waals surface area contributed by atoms with Crippen LogP contribution in [0.25, 0.3) is 0 Å². The lowest BCUT2D eigenvalue weighted by Gasteiger charge is -2.35. The molecule has 2 rings (SSSR count). The van der Waals surface area contributed by atoms with Crippen LogP contribution in [0.2, 0.25) is 0 Å². The standard InChI is InChI=1S/C19H26F4N2O.ClH/c1-2-3-4-5-6-17(25-13-11-24-12-14-25)15-7-9-16(10-8-15)26-19(22,23)18(20)21;/h2,7-10,17-18,24H,1,3-6,11-14H2;1H/t17-;/m0./s1. The lowest BCUT2D eigenvalue weighted by molar-refractivity contribution is -0.253. The molecule has 0 amide bonds. The van der Waals surface area contributed by atoms with Crippen LogP contribution in [0.5, 0.6) is 5.75 Å². The molecule has 0 spiro atoms. The first-order valence-electron chi connectivity index (χ1n) is 8.94. The average molecular weight is 411 g/mol. The molecule has 1 aromatic carbocycles. The van der Waals surface area contributed by atoms with Gasteiger partial charge in [0.1, 0.15) is 5.75 Å². The first kappa shape index (κ1) is 23.7. The van der Waals surface area contributed by atoms with Gasteiger partial charge in [-0.15, -0.1) is 19.0 Å². The zero-order valence-corrected chi connectivity index (χ0v) is 16.0. The van der Waals surface area contributed by atoms with E-state index < -0.39 is 12.5 Å². The minimum absolute atomic E-state index is 0. The lowest BCUT2D eigenvalue weighted by atomic mass is 9.98. The fourth-order valence-corrected chi connectivity index (χ4v) is 3.14. The van der Waals surface area contributed by atoms with Crippen molar-refractivity contribution >= 4 is 12.4 Å². The van der Waals surface area contributed by atoms with Crippen molar-refractivity contribution in [1.29, 1.82) is 0 Å². The van der Waals surface area contributed by atoms with Crippen molar-refractivity contribution < 1.29 is 22.3 Å². The van der Waals surface area contributed by atoms with E-state index in [1.165, 1.54) is 12.1 Å². The van der Waals surface area contributed by atoms with E-state index in [-0.39, 0.29) is 24.2 Å². The maximum atomic E-state index is 13.0. The van der Waals surface area contributed by atoms with Crippen molar-refractivity contribution in [3.8, 4) is 5.75 Å². The highest BCUT2D eigenvalue weighted by Gasteiger charge is 2.43. The van der Waals surface area contributed by atoms with Gasteiger partial charge in [0.05, 0.1) is 0 Å². The summed E-state index contributed by atoms with van der Waals surface area (Å²) in [6.07, 6.45) is -2.46. The topological polar surface area (TPSA) is 24.5 Å². The van der Waals surface area contributed by atoms with Crippen LogP contribution in [0.15, 0.2) is 36.9 Å². The van der Waals surface area contributed by atoms with Crippen molar-refractivity contribution in [2.45, 2.75) is 44.3 Å². The smallest absolute Gasteiger partial charge is 0.428 e. The summed E-state index contributed by atoms with van der Waals surface area (Å²) < 4.78 is 54.7. The van der Waals surface area contributed by atoms with E-state index >= 15 is 0 Å². The van der Waals surface area contributed by atoms with Gasteiger partial charge in [0.25, 0.3) is 0 Å². The van der Waals surface area contributed by atoms with Crippen LogP contribution < -0.4 is 10.1 Å². The summed E-state index contributed by atoms with van der Waals surface area (Å²) in [6, 6.07) is 6.23. The van der Waals surface area contributed by atoms with Gasteiger partial charge in [-0.3, -0.25) is 4.90 Å². The number of hydrogen-bond donors (Lipinski definition) is 1. The largest absolute Gasteiger partial charge is 0.461 e. The van der Waals surface area contributed by atoms with E-state index in [0.717, 1.165) is 57.4 Å². The fourth-order valence-electron chi connectivity index (χ4n) is 3.14. The molecular weight excluding hydrogens is 384 g/mol. The number of rotatable bonds is 10. The van der Waals surface area contributed by atoms with E-state index in [0.29, 0.717) is 0 Å². The Morgan fingerprint density at radius 3 is 2.33 bits per heavy atom. The molecule has 1 aliphatic rings. The fraction of sp³-hybridized carbons (Fsp3) is 0.579. The molecule has 1 aromatic rings. The minimum Gasteiger partial charge on any atom is -0.428 e. The Labute approximate surface area is 164 Å². The van der Waals surface area contributed by atoms with Crippen LogP contribution in [-0.2, 0) is 0 Å².